The highest BCUT2D eigenvalue weighted by molar-refractivity contribution is 8.23. The van der Waals surface area contributed by atoms with Crippen LogP contribution in [0.15, 0.2) is 66.7 Å². The van der Waals surface area contributed by atoms with Crippen molar-refractivity contribution in [2.75, 3.05) is 6.26 Å². The largest absolute Gasteiger partial charge is 0.118 e. The molecule has 0 amide bonds. The number of hydrogen-bond donors (Lipinski definition) is 0. The van der Waals surface area contributed by atoms with Crippen molar-refractivity contribution < 1.29 is 0 Å². The van der Waals surface area contributed by atoms with Gasteiger partial charge in [-0.25, -0.2) is 0 Å². The summed E-state index contributed by atoms with van der Waals surface area (Å²) in [5, 5.41) is 0. The van der Waals surface area contributed by atoms with Crippen LogP contribution in [0.3, 0.4) is 0 Å². The highest BCUT2D eigenvalue weighted by atomic mass is 32.2. The van der Waals surface area contributed by atoms with Crippen molar-refractivity contribution in [1.82, 2.24) is 0 Å². The van der Waals surface area contributed by atoms with E-state index < -0.39 is 0 Å². The predicted octanol–water partition coefficient (Wildman–Crippen LogP) is 4.81. The Labute approximate surface area is 118 Å². The molecule has 0 saturated heterocycles. The summed E-state index contributed by atoms with van der Waals surface area (Å²) >= 11 is 6.92. The van der Waals surface area contributed by atoms with Crippen LogP contribution in [0.1, 0.15) is 11.1 Å². The van der Waals surface area contributed by atoms with E-state index in [4.69, 9.17) is 12.2 Å². The van der Waals surface area contributed by atoms with E-state index in [1.54, 1.807) is 11.8 Å². The molecule has 0 nitrogen and oxygen atoms in total. The summed E-state index contributed by atoms with van der Waals surface area (Å²) in [6.07, 6.45) is 4.08. The molecule has 0 saturated carbocycles. The molecule has 0 radical (unpaired) electrons. The van der Waals surface area contributed by atoms with Crippen molar-refractivity contribution in [3.8, 4) is 0 Å². The number of thiocarbonyl (C=S) groups is 1. The number of rotatable bonds is 3. The minimum Gasteiger partial charge on any atom is -0.118 e. The van der Waals surface area contributed by atoms with Crippen LogP contribution in [-0.4, -0.2) is 10.5 Å². The number of hydrogen-bond acceptors (Lipinski definition) is 2. The molecule has 0 unspecified atom stereocenters. The van der Waals surface area contributed by atoms with Gasteiger partial charge in [0.15, 0.2) is 0 Å². The van der Waals surface area contributed by atoms with Gasteiger partial charge in [-0.1, -0.05) is 72.9 Å². The molecule has 2 rings (SSSR count). The standard InChI is InChI=1S/C16H14S2/c1-18-16(17)12-15(13-8-4-2-5-9-13)14-10-6-3-7-11-14/h2-12H,1H3. The van der Waals surface area contributed by atoms with E-state index in [-0.39, 0.29) is 0 Å². The fraction of sp³-hybridized carbons (Fsp3) is 0.0625. The van der Waals surface area contributed by atoms with Gasteiger partial charge in [0.05, 0.1) is 4.20 Å². The first-order chi connectivity index (χ1) is 8.81. The minimum absolute atomic E-state index is 0.901. The quantitative estimate of drug-likeness (QED) is 0.580. The Morgan fingerprint density at radius 2 is 1.33 bits per heavy atom. The van der Waals surface area contributed by atoms with Crippen molar-refractivity contribution >= 4 is 33.7 Å². The lowest BCUT2D eigenvalue weighted by molar-refractivity contribution is 1.55. The molecule has 2 aromatic carbocycles. The van der Waals surface area contributed by atoms with Crippen molar-refractivity contribution in [3.63, 3.8) is 0 Å². The molecule has 0 aliphatic heterocycles. The summed E-state index contributed by atoms with van der Waals surface area (Å²) in [6.45, 7) is 0. The molecule has 0 N–H and O–H groups in total. The Kier molecular flexibility index (Phi) is 4.73. The lowest BCUT2D eigenvalue weighted by atomic mass is 9.98. The van der Waals surface area contributed by atoms with Gasteiger partial charge in [-0.2, -0.15) is 0 Å². The average molecular weight is 270 g/mol. The minimum atomic E-state index is 0.901. The Hall–Kier alpha value is -1.38. The van der Waals surface area contributed by atoms with Gasteiger partial charge in [0.25, 0.3) is 0 Å². The van der Waals surface area contributed by atoms with Gasteiger partial charge in [0.2, 0.25) is 0 Å². The third-order valence-electron chi connectivity index (χ3n) is 2.63. The Bertz CT molecular complexity index is 500. The fourth-order valence-electron chi connectivity index (χ4n) is 1.75. The monoisotopic (exact) mass is 270 g/mol. The molecule has 18 heavy (non-hydrogen) atoms. The molecule has 0 aliphatic carbocycles. The van der Waals surface area contributed by atoms with Crippen LogP contribution in [0, 0.1) is 0 Å². The van der Waals surface area contributed by atoms with Crippen LogP contribution in [0.4, 0.5) is 0 Å². The van der Waals surface area contributed by atoms with Crippen LogP contribution in [0.5, 0.6) is 0 Å². The lowest BCUT2D eigenvalue weighted by Crippen LogP contribution is -1.90. The van der Waals surface area contributed by atoms with Crippen molar-refractivity contribution in [2.24, 2.45) is 0 Å². The van der Waals surface area contributed by atoms with Gasteiger partial charge >= 0.3 is 0 Å². The third kappa shape index (κ3) is 3.31. The van der Waals surface area contributed by atoms with Gasteiger partial charge in [-0.15, -0.1) is 11.8 Å². The smallest absolute Gasteiger partial charge is 0.0709 e. The number of thioether (sulfide) groups is 1. The molecule has 2 heteroatoms. The van der Waals surface area contributed by atoms with Gasteiger partial charge in [0, 0.05) is 0 Å². The van der Waals surface area contributed by atoms with Gasteiger partial charge in [-0.3, -0.25) is 0 Å². The third-order valence-corrected chi connectivity index (χ3v) is 3.77. The zero-order valence-corrected chi connectivity index (χ0v) is 11.8. The van der Waals surface area contributed by atoms with Crippen molar-refractivity contribution in [3.05, 3.63) is 77.9 Å². The second-order valence-corrected chi connectivity index (χ2v) is 5.36. The van der Waals surface area contributed by atoms with Crippen LogP contribution >= 0.6 is 24.0 Å². The summed E-state index contributed by atoms with van der Waals surface area (Å²) in [6, 6.07) is 20.7. The van der Waals surface area contributed by atoms with E-state index in [0.29, 0.717) is 0 Å². The summed E-state index contributed by atoms with van der Waals surface area (Å²) in [5.74, 6) is 0. The highest BCUT2D eigenvalue weighted by Crippen LogP contribution is 2.24. The van der Waals surface area contributed by atoms with E-state index >= 15 is 0 Å². The van der Waals surface area contributed by atoms with E-state index in [2.05, 4.69) is 30.3 Å². The Balaban J connectivity index is 2.49. The van der Waals surface area contributed by atoms with Gasteiger partial charge in [0.1, 0.15) is 0 Å². The maximum Gasteiger partial charge on any atom is 0.0709 e. The van der Waals surface area contributed by atoms with Gasteiger partial charge in [-0.05, 0) is 29.0 Å². The second-order valence-electron chi connectivity index (χ2n) is 3.81. The molecule has 90 valence electrons. The van der Waals surface area contributed by atoms with E-state index in [9.17, 15) is 0 Å². The molecule has 0 fully saturated rings. The molecule has 0 aromatic heterocycles. The zero-order valence-electron chi connectivity index (χ0n) is 10.2. The molecular formula is C16H14S2. The zero-order chi connectivity index (χ0) is 12.8. The van der Waals surface area contributed by atoms with Crippen LogP contribution in [0.25, 0.3) is 5.57 Å². The Morgan fingerprint density at radius 3 is 1.72 bits per heavy atom. The van der Waals surface area contributed by atoms with Crippen LogP contribution < -0.4 is 0 Å². The SMILES string of the molecule is CSC(=S)C=C(c1ccccc1)c1ccccc1. The fourth-order valence-corrected chi connectivity index (χ4v) is 2.10. The maximum atomic E-state index is 5.32. The summed E-state index contributed by atoms with van der Waals surface area (Å²) in [4.78, 5) is 0. The maximum absolute atomic E-state index is 5.32. The molecule has 0 atom stereocenters. The number of benzene rings is 2. The van der Waals surface area contributed by atoms with Crippen LogP contribution in [-0.2, 0) is 0 Å². The second kappa shape index (κ2) is 6.53. The summed E-state index contributed by atoms with van der Waals surface area (Å²) in [7, 11) is 0. The first-order valence-electron chi connectivity index (χ1n) is 5.72. The molecule has 0 bridgehead atoms. The van der Waals surface area contributed by atoms with Gasteiger partial charge < -0.3 is 0 Å². The van der Waals surface area contributed by atoms with Crippen molar-refractivity contribution in [2.45, 2.75) is 0 Å². The Morgan fingerprint density at radius 1 is 0.889 bits per heavy atom. The van der Waals surface area contributed by atoms with E-state index in [1.807, 2.05) is 42.7 Å². The summed E-state index contributed by atoms with van der Waals surface area (Å²) < 4.78 is 0.901. The van der Waals surface area contributed by atoms with Crippen LogP contribution in [0.2, 0.25) is 0 Å². The molecule has 0 heterocycles. The van der Waals surface area contributed by atoms with E-state index in [0.717, 1.165) is 4.20 Å². The first kappa shape index (κ1) is 13.1. The normalized spacial score (nSPS) is 9.83. The van der Waals surface area contributed by atoms with E-state index in [1.165, 1.54) is 16.7 Å². The molecule has 0 aliphatic rings. The predicted molar refractivity (Wildman–Crippen MR) is 86.1 cm³/mol. The van der Waals surface area contributed by atoms with Crippen molar-refractivity contribution in [1.29, 1.82) is 0 Å². The average Bonchev–Trinajstić information content (AvgIpc) is 2.46. The lowest BCUT2D eigenvalue weighted by Gasteiger charge is -2.08. The molecule has 2 aromatic rings. The molecule has 0 spiro atoms. The summed E-state index contributed by atoms with van der Waals surface area (Å²) in [5.41, 5.74) is 3.57. The molecular weight excluding hydrogens is 256 g/mol. The highest BCUT2D eigenvalue weighted by Gasteiger charge is 2.04. The topological polar surface area (TPSA) is 0 Å². The first-order valence-corrected chi connectivity index (χ1v) is 7.35.